The van der Waals surface area contributed by atoms with E-state index in [1.807, 2.05) is 18.2 Å². The van der Waals surface area contributed by atoms with Crippen LogP contribution in [0.4, 0.5) is 0 Å². The van der Waals surface area contributed by atoms with Gasteiger partial charge in [-0.15, -0.1) is 0 Å². The molecule has 0 saturated carbocycles. The van der Waals surface area contributed by atoms with Crippen molar-refractivity contribution in [3.05, 3.63) is 72.8 Å². The lowest BCUT2D eigenvalue weighted by Gasteiger charge is -2.43. The summed E-state index contributed by atoms with van der Waals surface area (Å²) in [5.74, 6) is -0.285. The van der Waals surface area contributed by atoms with Gasteiger partial charge in [0.15, 0.2) is 0 Å². The minimum Gasteiger partial charge on any atom is -0.456 e. The number of carbonyl (C=O) groups is 1. The highest BCUT2D eigenvalue weighted by atomic mass is 28.4. The van der Waals surface area contributed by atoms with Gasteiger partial charge in [0.1, 0.15) is 6.10 Å². The summed E-state index contributed by atoms with van der Waals surface area (Å²) in [6, 6.07) is 21.0. The molecule has 1 atom stereocenters. The van der Waals surface area contributed by atoms with Crippen LogP contribution < -0.4 is 10.4 Å². The largest absolute Gasteiger partial charge is 0.456 e. The molecule has 1 heterocycles. The van der Waals surface area contributed by atoms with Crippen LogP contribution in [0, 0.1) is 0 Å². The van der Waals surface area contributed by atoms with Crippen molar-refractivity contribution in [3.8, 4) is 0 Å². The number of carbonyl (C=O) groups excluding carboxylic acids is 1. The van der Waals surface area contributed by atoms with Gasteiger partial charge in [-0.25, -0.2) is 4.79 Å². The number of hydrogen-bond donors (Lipinski definition) is 0. The standard InChI is InChI=1S/C22H26O3Si/c1-22(2,3)26(19-12-6-4-7-13-19,20-14-8-5-9-15-20)24-17-18-11-10-16-21(23)25-18/h4-10,12-16,18H,11,17H2,1-3H3/t18-/m0/s1. The first kappa shape index (κ1) is 18.6. The van der Waals surface area contributed by atoms with E-state index < -0.39 is 8.32 Å². The molecule has 136 valence electrons. The zero-order valence-electron chi connectivity index (χ0n) is 15.6. The van der Waals surface area contributed by atoms with E-state index in [2.05, 4.69) is 69.3 Å². The Kier molecular flexibility index (Phi) is 5.44. The van der Waals surface area contributed by atoms with E-state index in [4.69, 9.17) is 9.16 Å². The van der Waals surface area contributed by atoms with E-state index in [0.717, 1.165) is 0 Å². The summed E-state index contributed by atoms with van der Waals surface area (Å²) < 4.78 is 12.2. The highest BCUT2D eigenvalue weighted by Crippen LogP contribution is 2.37. The summed E-state index contributed by atoms with van der Waals surface area (Å²) in [6.07, 6.45) is 3.82. The first-order valence-electron chi connectivity index (χ1n) is 9.05. The molecule has 3 nitrogen and oxygen atoms in total. The summed E-state index contributed by atoms with van der Waals surface area (Å²) >= 11 is 0. The molecule has 4 heteroatoms. The van der Waals surface area contributed by atoms with E-state index >= 15 is 0 Å². The summed E-state index contributed by atoms with van der Waals surface area (Å²) in [6.45, 7) is 7.13. The molecule has 0 radical (unpaired) electrons. The SMILES string of the molecule is CC(C)(C)[Si](OC[C@@H]1CC=CC(=O)O1)(c1ccccc1)c1ccccc1. The molecular formula is C22H26O3Si. The Hall–Kier alpha value is -2.17. The molecule has 0 N–H and O–H groups in total. The Morgan fingerprint density at radius 1 is 1.00 bits per heavy atom. The molecule has 2 aromatic carbocycles. The number of rotatable bonds is 5. The van der Waals surface area contributed by atoms with Crippen LogP contribution in [0.1, 0.15) is 27.2 Å². The summed E-state index contributed by atoms with van der Waals surface area (Å²) in [4.78, 5) is 11.6. The van der Waals surface area contributed by atoms with Crippen LogP contribution in [0.2, 0.25) is 5.04 Å². The Morgan fingerprint density at radius 3 is 2.00 bits per heavy atom. The first-order chi connectivity index (χ1) is 12.4. The minimum absolute atomic E-state index is 0.0791. The lowest BCUT2D eigenvalue weighted by Crippen LogP contribution is -2.67. The molecule has 2 aromatic rings. The van der Waals surface area contributed by atoms with Gasteiger partial charge in [-0.2, -0.15) is 0 Å². The van der Waals surface area contributed by atoms with Crippen LogP contribution in [0.15, 0.2) is 72.8 Å². The van der Waals surface area contributed by atoms with Crippen LogP contribution in [-0.2, 0) is 14.0 Å². The van der Waals surface area contributed by atoms with Crippen molar-refractivity contribution in [1.82, 2.24) is 0 Å². The monoisotopic (exact) mass is 366 g/mol. The number of cyclic esters (lactones) is 1. The number of esters is 1. The Labute approximate surface area is 156 Å². The van der Waals surface area contributed by atoms with Crippen molar-refractivity contribution in [1.29, 1.82) is 0 Å². The quantitative estimate of drug-likeness (QED) is 0.601. The van der Waals surface area contributed by atoms with Crippen molar-refractivity contribution in [2.75, 3.05) is 6.61 Å². The van der Waals surface area contributed by atoms with Gasteiger partial charge in [-0.3, -0.25) is 0 Å². The first-order valence-corrected chi connectivity index (χ1v) is 11.0. The Bertz CT molecular complexity index is 723. The fourth-order valence-corrected chi connectivity index (χ4v) is 8.24. The molecule has 0 unspecified atom stereocenters. The fourth-order valence-electron chi connectivity index (χ4n) is 3.65. The third-order valence-corrected chi connectivity index (χ3v) is 9.84. The predicted octanol–water partition coefficient (Wildman–Crippen LogP) is 3.43. The van der Waals surface area contributed by atoms with E-state index in [1.54, 1.807) is 0 Å². The predicted molar refractivity (Wildman–Crippen MR) is 107 cm³/mol. The van der Waals surface area contributed by atoms with Crippen LogP contribution in [0.5, 0.6) is 0 Å². The zero-order valence-corrected chi connectivity index (χ0v) is 16.6. The van der Waals surface area contributed by atoms with Crippen molar-refractivity contribution in [2.24, 2.45) is 0 Å². The average molecular weight is 367 g/mol. The third kappa shape index (κ3) is 3.66. The van der Waals surface area contributed by atoms with E-state index in [0.29, 0.717) is 13.0 Å². The molecule has 3 rings (SSSR count). The van der Waals surface area contributed by atoms with Gasteiger partial charge in [-0.05, 0) is 15.4 Å². The van der Waals surface area contributed by atoms with Gasteiger partial charge in [0.05, 0.1) is 6.61 Å². The average Bonchev–Trinajstić information content (AvgIpc) is 2.63. The van der Waals surface area contributed by atoms with Gasteiger partial charge < -0.3 is 9.16 Å². The van der Waals surface area contributed by atoms with Gasteiger partial charge >= 0.3 is 5.97 Å². The second-order valence-corrected chi connectivity index (χ2v) is 12.0. The maximum atomic E-state index is 11.6. The molecule has 1 aliphatic heterocycles. The topological polar surface area (TPSA) is 35.5 Å². The van der Waals surface area contributed by atoms with Crippen LogP contribution in [0.25, 0.3) is 0 Å². The normalized spacial score (nSPS) is 17.8. The lowest BCUT2D eigenvalue weighted by molar-refractivity contribution is -0.145. The van der Waals surface area contributed by atoms with E-state index in [1.165, 1.54) is 16.4 Å². The van der Waals surface area contributed by atoms with E-state index in [9.17, 15) is 4.79 Å². The van der Waals surface area contributed by atoms with Crippen molar-refractivity contribution >= 4 is 24.7 Å². The molecule has 0 spiro atoms. The van der Waals surface area contributed by atoms with Crippen molar-refractivity contribution < 1.29 is 14.0 Å². The van der Waals surface area contributed by atoms with Gasteiger partial charge in [0, 0.05) is 12.5 Å². The van der Waals surface area contributed by atoms with E-state index in [-0.39, 0.29) is 17.1 Å². The van der Waals surface area contributed by atoms with Gasteiger partial charge in [0.25, 0.3) is 8.32 Å². The maximum Gasteiger partial charge on any atom is 0.330 e. The Balaban J connectivity index is 2.03. The molecule has 0 amide bonds. The number of hydrogen-bond acceptors (Lipinski definition) is 3. The highest BCUT2D eigenvalue weighted by molar-refractivity contribution is 6.99. The van der Waals surface area contributed by atoms with Gasteiger partial charge in [-0.1, -0.05) is 87.5 Å². The van der Waals surface area contributed by atoms with Crippen molar-refractivity contribution in [2.45, 2.75) is 38.3 Å². The second kappa shape index (κ2) is 7.60. The lowest BCUT2D eigenvalue weighted by atomic mass is 10.2. The summed E-state index contributed by atoms with van der Waals surface area (Å²) in [5.41, 5.74) is 0. The molecule has 0 fully saturated rings. The van der Waals surface area contributed by atoms with Crippen LogP contribution in [-0.4, -0.2) is 27.0 Å². The molecule has 26 heavy (non-hydrogen) atoms. The smallest absolute Gasteiger partial charge is 0.330 e. The third-order valence-electron chi connectivity index (χ3n) is 4.84. The van der Waals surface area contributed by atoms with Crippen LogP contribution in [0.3, 0.4) is 0 Å². The molecular weight excluding hydrogens is 340 g/mol. The minimum atomic E-state index is -2.57. The maximum absolute atomic E-state index is 11.6. The summed E-state index contributed by atoms with van der Waals surface area (Å²) in [7, 11) is -2.57. The molecule has 0 bridgehead atoms. The number of benzene rings is 2. The number of ether oxygens (including phenoxy) is 1. The molecule has 0 saturated heterocycles. The van der Waals surface area contributed by atoms with Gasteiger partial charge in [0.2, 0.25) is 0 Å². The van der Waals surface area contributed by atoms with Crippen LogP contribution >= 0.6 is 0 Å². The molecule has 1 aliphatic rings. The second-order valence-electron chi connectivity index (χ2n) is 7.67. The fraction of sp³-hybridized carbons (Fsp3) is 0.318. The summed E-state index contributed by atoms with van der Waals surface area (Å²) in [5, 5.41) is 2.39. The molecule has 0 aromatic heterocycles. The van der Waals surface area contributed by atoms with Crippen molar-refractivity contribution in [3.63, 3.8) is 0 Å². The molecule has 0 aliphatic carbocycles. The Morgan fingerprint density at radius 2 is 1.54 bits per heavy atom. The zero-order chi connectivity index (χ0) is 18.6. The highest BCUT2D eigenvalue weighted by Gasteiger charge is 2.50.